The summed E-state index contributed by atoms with van der Waals surface area (Å²) in [5, 5.41) is 0. The zero-order valence-corrected chi connectivity index (χ0v) is 11.1. The zero-order chi connectivity index (χ0) is 12.7. The van der Waals surface area contributed by atoms with E-state index in [-0.39, 0.29) is 12.0 Å². The predicted octanol–water partition coefficient (Wildman–Crippen LogP) is 1.78. The molecule has 100 valence electrons. The Bertz CT molecular complexity index is 344. The molecule has 4 unspecified atom stereocenters. The minimum atomic E-state index is 0.129. The first-order valence-corrected chi connectivity index (χ1v) is 7.37. The smallest absolute Gasteiger partial charge is 0.227 e. The molecule has 18 heavy (non-hydrogen) atoms. The Morgan fingerprint density at radius 2 is 1.83 bits per heavy atom. The van der Waals surface area contributed by atoms with Crippen molar-refractivity contribution in [3.05, 3.63) is 12.7 Å². The number of nitrogens with zero attached hydrogens (tertiary/aromatic N) is 1. The van der Waals surface area contributed by atoms with Gasteiger partial charge < -0.3 is 10.6 Å². The van der Waals surface area contributed by atoms with E-state index < -0.39 is 0 Å². The molecule has 1 amide bonds. The van der Waals surface area contributed by atoms with Crippen LogP contribution < -0.4 is 5.73 Å². The molecule has 2 bridgehead atoms. The first-order chi connectivity index (χ1) is 8.70. The van der Waals surface area contributed by atoms with Crippen molar-refractivity contribution in [2.24, 2.45) is 29.4 Å². The Balaban J connectivity index is 1.63. The summed E-state index contributed by atoms with van der Waals surface area (Å²) in [6.45, 7) is 5.65. The molecule has 0 spiro atoms. The van der Waals surface area contributed by atoms with Gasteiger partial charge in [-0.1, -0.05) is 6.08 Å². The van der Waals surface area contributed by atoms with Crippen molar-refractivity contribution in [3.63, 3.8) is 0 Å². The normalized spacial score (nSPS) is 40.2. The van der Waals surface area contributed by atoms with Gasteiger partial charge in [0.25, 0.3) is 0 Å². The van der Waals surface area contributed by atoms with E-state index in [1.165, 1.54) is 19.3 Å². The third-order valence-corrected chi connectivity index (χ3v) is 5.45. The summed E-state index contributed by atoms with van der Waals surface area (Å²) in [6, 6.07) is 0.133. The van der Waals surface area contributed by atoms with Gasteiger partial charge >= 0.3 is 0 Å². The van der Waals surface area contributed by atoms with E-state index in [4.69, 9.17) is 5.73 Å². The fraction of sp³-hybridized carbons (Fsp3) is 0.800. The maximum Gasteiger partial charge on any atom is 0.227 e. The van der Waals surface area contributed by atoms with Crippen LogP contribution >= 0.6 is 0 Å². The summed E-state index contributed by atoms with van der Waals surface area (Å²) in [5.41, 5.74) is 6.26. The van der Waals surface area contributed by atoms with Gasteiger partial charge in [-0.05, 0) is 49.9 Å². The molecule has 3 nitrogen and oxygen atoms in total. The molecule has 0 aromatic carbocycles. The predicted molar refractivity (Wildman–Crippen MR) is 71.8 cm³/mol. The molecule has 2 saturated carbocycles. The second-order valence-corrected chi connectivity index (χ2v) is 6.33. The van der Waals surface area contributed by atoms with E-state index in [9.17, 15) is 4.79 Å². The molecule has 2 N–H and O–H groups in total. The summed E-state index contributed by atoms with van der Waals surface area (Å²) in [4.78, 5) is 14.7. The van der Waals surface area contributed by atoms with E-state index >= 15 is 0 Å². The van der Waals surface area contributed by atoms with Crippen LogP contribution in [0.25, 0.3) is 0 Å². The van der Waals surface area contributed by atoms with Crippen molar-refractivity contribution in [1.29, 1.82) is 0 Å². The molecule has 1 heterocycles. The fourth-order valence-corrected chi connectivity index (χ4v) is 4.27. The van der Waals surface area contributed by atoms with Crippen LogP contribution in [0, 0.1) is 23.7 Å². The Hall–Kier alpha value is -0.830. The number of amides is 1. The molecule has 2 aliphatic carbocycles. The van der Waals surface area contributed by atoms with Crippen LogP contribution in [0.1, 0.15) is 32.1 Å². The van der Waals surface area contributed by atoms with Crippen LogP contribution in [0.4, 0.5) is 0 Å². The monoisotopic (exact) mass is 248 g/mol. The Labute approximate surface area is 109 Å². The standard InChI is InChI=1S/C15H24N2O/c1-2-10-5-7-17(8-6-10)15(18)13-11-3-4-12(9-11)14(13)16/h2,10-14H,1,3-9,16H2. The van der Waals surface area contributed by atoms with Crippen molar-refractivity contribution in [1.82, 2.24) is 4.90 Å². The highest BCUT2D eigenvalue weighted by molar-refractivity contribution is 5.80. The largest absolute Gasteiger partial charge is 0.342 e. The van der Waals surface area contributed by atoms with Crippen molar-refractivity contribution in [2.75, 3.05) is 13.1 Å². The topological polar surface area (TPSA) is 46.3 Å². The van der Waals surface area contributed by atoms with Crippen molar-refractivity contribution in [2.45, 2.75) is 38.1 Å². The molecule has 4 atom stereocenters. The number of hydrogen-bond donors (Lipinski definition) is 1. The second kappa shape index (κ2) is 4.69. The van der Waals surface area contributed by atoms with E-state index in [1.54, 1.807) is 0 Å². The van der Waals surface area contributed by atoms with E-state index in [0.29, 0.717) is 23.7 Å². The third kappa shape index (κ3) is 1.89. The molecule has 0 aromatic rings. The number of carbonyl (C=O) groups is 1. The van der Waals surface area contributed by atoms with Crippen LogP contribution in [0.15, 0.2) is 12.7 Å². The van der Waals surface area contributed by atoms with Gasteiger partial charge in [-0.2, -0.15) is 0 Å². The van der Waals surface area contributed by atoms with E-state index in [1.807, 2.05) is 6.08 Å². The first-order valence-electron chi connectivity index (χ1n) is 7.37. The maximum absolute atomic E-state index is 12.6. The number of hydrogen-bond acceptors (Lipinski definition) is 2. The molecule has 1 aliphatic heterocycles. The zero-order valence-electron chi connectivity index (χ0n) is 11.1. The quantitative estimate of drug-likeness (QED) is 0.757. The number of allylic oxidation sites excluding steroid dienone is 1. The van der Waals surface area contributed by atoms with Gasteiger partial charge in [-0.25, -0.2) is 0 Å². The van der Waals surface area contributed by atoms with Crippen molar-refractivity contribution < 1.29 is 4.79 Å². The Morgan fingerprint density at radius 1 is 1.17 bits per heavy atom. The minimum absolute atomic E-state index is 0.129. The molecule has 3 heteroatoms. The average molecular weight is 248 g/mol. The van der Waals surface area contributed by atoms with Gasteiger partial charge in [-0.15, -0.1) is 6.58 Å². The highest BCUT2D eigenvalue weighted by atomic mass is 16.2. The van der Waals surface area contributed by atoms with Crippen molar-refractivity contribution >= 4 is 5.91 Å². The van der Waals surface area contributed by atoms with Crippen LogP contribution in [-0.2, 0) is 4.79 Å². The summed E-state index contributed by atoms with van der Waals surface area (Å²) in [5.74, 6) is 2.27. The van der Waals surface area contributed by atoms with Crippen LogP contribution in [0.2, 0.25) is 0 Å². The van der Waals surface area contributed by atoms with Crippen LogP contribution in [0.5, 0.6) is 0 Å². The summed E-state index contributed by atoms with van der Waals surface area (Å²) < 4.78 is 0. The number of carbonyl (C=O) groups excluding carboxylic acids is 1. The first kappa shape index (κ1) is 12.2. The van der Waals surface area contributed by atoms with Gasteiger partial charge in [-0.3, -0.25) is 4.79 Å². The van der Waals surface area contributed by atoms with E-state index in [0.717, 1.165) is 25.9 Å². The van der Waals surface area contributed by atoms with Gasteiger partial charge in [0.15, 0.2) is 0 Å². The number of fused-ring (bicyclic) bond motifs is 2. The van der Waals surface area contributed by atoms with Crippen LogP contribution in [-0.4, -0.2) is 29.9 Å². The third-order valence-electron chi connectivity index (χ3n) is 5.45. The SMILES string of the molecule is C=CC1CCN(C(=O)C2C3CCC(C3)C2N)CC1. The number of likely N-dealkylation sites (tertiary alicyclic amines) is 1. The number of piperidine rings is 1. The molecule has 1 saturated heterocycles. The van der Waals surface area contributed by atoms with Gasteiger partial charge in [0.2, 0.25) is 5.91 Å². The highest BCUT2D eigenvalue weighted by Gasteiger charge is 2.50. The minimum Gasteiger partial charge on any atom is -0.342 e. The maximum atomic E-state index is 12.6. The summed E-state index contributed by atoms with van der Waals surface area (Å²) in [6.07, 6.45) is 7.84. The lowest BCUT2D eigenvalue weighted by atomic mass is 9.83. The van der Waals surface area contributed by atoms with E-state index in [2.05, 4.69) is 11.5 Å². The molecular formula is C15H24N2O. The van der Waals surface area contributed by atoms with Gasteiger partial charge in [0, 0.05) is 19.1 Å². The lowest BCUT2D eigenvalue weighted by molar-refractivity contribution is -0.139. The molecular weight excluding hydrogens is 224 g/mol. The molecule has 0 aromatic heterocycles. The molecule has 0 radical (unpaired) electrons. The second-order valence-electron chi connectivity index (χ2n) is 6.33. The van der Waals surface area contributed by atoms with Crippen LogP contribution in [0.3, 0.4) is 0 Å². The number of nitrogens with two attached hydrogens (primary N) is 1. The lowest BCUT2D eigenvalue weighted by Crippen LogP contribution is -2.49. The molecule has 3 aliphatic rings. The highest BCUT2D eigenvalue weighted by Crippen LogP contribution is 2.48. The summed E-state index contributed by atoms with van der Waals surface area (Å²) >= 11 is 0. The average Bonchev–Trinajstić information content (AvgIpc) is 2.99. The number of rotatable bonds is 2. The Morgan fingerprint density at radius 3 is 2.39 bits per heavy atom. The molecule has 3 fully saturated rings. The van der Waals surface area contributed by atoms with Gasteiger partial charge in [0.1, 0.15) is 0 Å². The fourth-order valence-electron chi connectivity index (χ4n) is 4.27. The lowest BCUT2D eigenvalue weighted by Gasteiger charge is -2.36. The van der Waals surface area contributed by atoms with Crippen molar-refractivity contribution in [3.8, 4) is 0 Å². The Kier molecular flexibility index (Phi) is 3.18. The summed E-state index contributed by atoms with van der Waals surface area (Å²) in [7, 11) is 0. The molecule has 3 rings (SSSR count). The van der Waals surface area contributed by atoms with Gasteiger partial charge in [0.05, 0.1) is 5.92 Å².